The highest BCUT2D eigenvalue weighted by Crippen LogP contribution is 2.34. The first-order valence-electron chi connectivity index (χ1n) is 7.76. The van der Waals surface area contributed by atoms with E-state index >= 15 is 0 Å². The Labute approximate surface area is 133 Å². The molecule has 1 aromatic carbocycles. The number of hydrogen-bond acceptors (Lipinski definition) is 2. The average Bonchev–Trinajstić information content (AvgIpc) is 2.54. The number of pyridine rings is 1. The van der Waals surface area contributed by atoms with Crippen molar-refractivity contribution in [3.05, 3.63) is 59.9 Å². The molecule has 0 amide bonds. The number of anilines is 1. The Morgan fingerprint density at radius 2 is 1.77 bits per heavy atom. The lowest BCUT2D eigenvalue weighted by Gasteiger charge is -2.28. The number of hydrazone groups is 1. The molecule has 0 N–H and O–H groups in total. The summed E-state index contributed by atoms with van der Waals surface area (Å²) in [6.45, 7) is 6.78. The molecule has 0 aliphatic heterocycles. The van der Waals surface area contributed by atoms with Crippen LogP contribution in [0.1, 0.15) is 38.3 Å². The van der Waals surface area contributed by atoms with E-state index in [4.69, 9.17) is 0 Å². The molecule has 22 heavy (non-hydrogen) atoms. The number of hydrogen-bond donors (Lipinski definition) is 0. The lowest BCUT2D eigenvalue weighted by molar-refractivity contribution is -0.671. The minimum Gasteiger partial charge on any atom is -0.268 e. The molecule has 0 saturated carbocycles. The van der Waals surface area contributed by atoms with E-state index in [9.17, 15) is 0 Å². The van der Waals surface area contributed by atoms with Crippen LogP contribution < -0.4 is 9.58 Å². The molecular weight excluding hydrogens is 270 g/mol. The predicted octanol–water partition coefficient (Wildman–Crippen LogP) is 3.67. The Kier molecular flexibility index (Phi) is 4.96. The van der Waals surface area contributed by atoms with E-state index in [1.165, 1.54) is 5.56 Å². The van der Waals surface area contributed by atoms with Gasteiger partial charge in [-0.2, -0.15) is 5.10 Å². The fourth-order valence-corrected chi connectivity index (χ4v) is 2.33. The molecule has 0 fully saturated rings. The molecule has 2 aromatic rings. The molecule has 0 bridgehead atoms. The summed E-state index contributed by atoms with van der Waals surface area (Å²) >= 11 is 0. The fraction of sp³-hybridized carbons (Fsp3) is 0.368. The van der Waals surface area contributed by atoms with Gasteiger partial charge in [0.15, 0.2) is 12.4 Å². The zero-order chi connectivity index (χ0) is 16.2. The molecule has 2 rings (SSSR count). The second-order valence-electron chi connectivity index (χ2n) is 6.32. The van der Waals surface area contributed by atoms with E-state index in [1.807, 2.05) is 42.3 Å². The number of aryl methyl sites for hydroxylation is 1. The highest BCUT2D eigenvalue weighted by molar-refractivity contribution is 5.80. The van der Waals surface area contributed by atoms with Crippen LogP contribution in [-0.4, -0.2) is 13.3 Å². The number of rotatable bonds is 5. The van der Waals surface area contributed by atoms with Gasteiger partial charge in [-0.1, -0.05) is 39.0 Å². The topological polar surface area (TPSA) is 19.5 Å². The quantitative estimate of drug-likeness (QED) is 0.468. The van der Waals surface area contributed by atoms with Crippen molar-refractivity contribution < 1.29 is 4.57 Å². The summed E-state index contributed by atoms with van der Waals surface area (Å²) in [5.74, 6) is 0. The van der Waals surface area contributed by atoms with E-state index in [2.05, 4.69) is 62.3 Å². The van der Waals surface area contributed by atoms with Gasteiger partial charge in [-0.05, 0) is 23.5 Å². The van der Waals surface area contributed by atoms with Crippen LogP contribution in [0.15, 0.2) is 53.9 Å². The van der Waals surface area contributed by atoms with Crippen molar-refractivity contribution in [2.45, 2.75) is 32.6 Å². The zero-order valence-corrected chi connectivity index (χ0v) is 14.2. The van der Waals surface area contributed by atoms with E-state index < -0.39 is 0 Å². The van der Waals surface area contributed by atoms with Gasteiger partial charge in [0, 0.05) is 24.7 Å². The van der Waals surface area contributed by atoms with E-state index in [-0.39, 0.29) is 5.41 Å². The Balaban J connectivity index is 2.26. The molecule has 0 spiro atoms. The van der Waals surface area contributed by atoms with Gasteiger partial charge in [0.2, 0.25) is 0 Å². The van der Waals surface area contributed by atoms with Crippen LogP contribution in [0.3, 0.4) is 0 Å². The van der Waals surface area contributed by atoms with Gasteiger partial charge in [-0.25, -0.2) is 4.57 Å². The van der Waals surface area contributed by atoms with Crippen molar-refractivity contribution in [2.24, 2.45) is 12.1 Å². The van der Waals surface area contributed by atoms with Gasteiger partial charge >= 0.3 is 0 Å². The molecule has 116 valence electrons. The summed E-state index contributed by atoms with van der Waals surface area (Å²) in [5.41, 5.74) is 3.72. The van der Waals surface area contributed by atoms with Crippen LogP contribution >= 0.6 is 0 Å². The minimum atomic E-state index is 0.140. The normalized spacial score (nSPS) is 11.9. The maximum Gasteiger partial charge on any atom is 0.169 e. The summed E-state index contributed by atoms with van der Waals surface area (Å²) in [6.07, 6.45) is 7.04. The van der Waals surface area contributed by atoms with Crippen molar-refractivity contribution in [3.8, 4) is 0 Å². The van der Waals surface area contributed by atoms with Crippen LogP contribution in [-0.2, 0) is 12.5 Å². The second kappa shape index (κ2) is 6.73. The van der Waals surface area contributed by atoms with Gasteiger partial charge in [-0.15, -0.1) is 0 Å². The summed E-state index contributed by atoms with van der Waals surface area (Å²) < 4.78 is 2.01. The first kappa shape index (κ1) is 16.2. The first-order valence-corrected chi connectivity index (χ1v) is 7.76. The Morgan fingerprint density at radius 3 is 2.41 bits per heavy atom. The lowest BCUT2D eigenvalue weighted by Crippen LogP contribution is -2.26. The van der Waals surface area contributed by atoms with Gasteiger partial charge < -0.3 is 0 Å². The smallest absolute Gasteiger partial charge is 0.169 e. The molecule has 1 heterocycles. The third kappa shape index (κ3) is 3.73. The van der Waals surface area contributed by atoms with Crippen LogP contribution in [0.25, 0.3) is 0 Å². The number of nitrogens with zero attached hydrogens (tertiary/aromatic N) is 3. The molecule has 3 nitrogen and oxygen atoms in total. The highest BCUT2D eigenvalue weighted by atomic mass is 15.4. The third-order valence-corrected chi connectivity index (χ3v) is 4.25. The van der Waals surface area contributed by atoms with Crippen LogP contribution in [0, 0.1) is 0 Å². The molecular formula is C19H26N3+. The van der Waals surface area contributed by atoms with Crippen molar-refractivity contribution in [2.75, 3.05) is 12.1 Å². The fourth-order valence-electron chi connectivity index (χ4n) is 2.33. The highest BCUT2D eigenvalue weighted by Gasteiger charge is 2.22. The van der Waals surface area contributed by atoms with Crippen LogP contribution in [0.5, 0.6) is 0 Å². The van der Waals surface area contributed by atoms with Crippen molar-refractivity contribution in [3.63, 3.8) is 0 Å². The van der Waals surface area contributed by atoms with Crippen molar-refractivity contribution >= 4 is 11.9 Å². The molecule has 0 atom stereocenters. The number of para-hydroxylation sites is 1. The Bertz CT molecular complexity index is 642. The van der Waals surface area contributed by atoms with E-state index in [1.54, 1.807) is 0 Å². The van der Waals surface area contributed by atoms with Gasteiger partial charge in [0.05, 0.1) is 11.9 Å². The molecule has 0 radical (unpaired) electrons. The van der Waals surface area contributed by atoms with Crippen LogP contribution in [0.2, 0.25) is 0 Å². The SMILES string of the molecule is CCC(C)(C)c1ccccc1N(C)N=Cc1cc[n+](C)cc1. The van der Waals surface area contributed by atoms with Gasteiger partial charge in [0.1, 0.15) is 7.05 Å². The molecule has 0 aliphatic carbocycles. The summed E-state index contributed by atoms with van der Waals surface area (Å²) in [6, 6.07) is 12.6. The standard InChI is InChI=1S/C19H26N3/c1-6-19(2,3)17-9-7-8-10-18(17)22(5)20-15-16-11-13-21(4)14-12-16/h7-15H,6H2,1-5H3/q+1. The summed E-state index contributed by atoms with van der Waals surface area (Å²) in [4.78, 5) is 0. The molecule has 0 unspecified atom stereocenters. The number of benzene rings is 1. The molecule has 3 heteroatoms. The average molecular weight is 296 g/mol. The summed E-state index contributed by atoms with van der Waals surface area (Å²) in [5, 5.41) is 6.56. The molecule has 1 aromatic heterocycles. The number of aromatic nitrogens is 1. The predicted molar refractivity (Wildman–Crippen MR) is 93.4 cm³/mol. The monoisotopic (exact) mass is 296 g/mol. The minimum absolute atomic E-state index is 0.140. The van der Waals surface area contributed by atoms with Crippen molar-refractivity contribution in [1.82, 2.24) is 0 Å². The molecule has 0 saturated heterocycles. The molecule has 0 aliphatic rings. The second-order valence-corrected chi connectivity index (χ2v) is 6.32. The van der Waals surface area contributed by atoms with Gasteiger partial charge in [-0.3, -0.25) is 5.01 Å². The third-order valence-electron chi connectivity index (χ3n) is 4.25. The van der Waals surface area contributed by atoms with Gasteiger partial charge in [0.25, 0.3) is 0 Å². The Hall–Kier alpha value is -2.16. The zero-order valence-electron chi connectivity index (χ0n) is 14.2. The van der Waals surface area contributed by atoms with E-state index in [0.717, 1.165) is 17.7 Å². The summed E-state index contributed by atoms with van der Waals surface area (Å²) in [7, 11) is 4.01. The lowest BCUT2D eigenvalue weighted by atomic mass is 9.81. The van der Waals surface area contributed by atoms with E-state index in [0.29, 0.717) is 0 Å². The maximum atomic E-state index is 4.60. The van der Waals surface area contributed by atoms with Crippen LogP contribution in [0.4, 0.5) is 5.69 Å². The Morgan fingerprint density at radius 1 is 1.14 bits per heavy atom. The largest absolute Gasteiger partial charge is 0.268 e. The first-order chi connectivity index (χ1) is 10.4. The van der Waals surface area contributed by atoms with Crippen molar-refractivity contribution in [1.29, 1.82) is 0 Å². The maximum absolute atomic E-state index is 4.60.